The molecule has 0 bridgehead atoms. The summed E-state index contributed by atoms with van der Waals surface area (Å²) >= 11 is 0. The molecular weight excluding hydrogens is 254 g/mol. The molecule has 1 amide bonds. The first-order valence-electron chi connectivity index (χ1n) is 6.15. The van der Waals surface area contributed by atoms with Crippen LogP contribution in [0.5, 0.6) is 5.75 Å². The molecule has 2 aromatic rings. The minimum Gasteiger partial charge on any atom is -0.497 e. The van der Waals surface area contributed by atoms with Gasteiger partial charge in [-0.2, -0.15) is 0 Å². The Bertz CT molecular complexity index is 606. The van der Waals surface area contributed by atoms with Crippen molar-refractivity contribution < 1.29 is 9.53 Å². The van der Waals surface area contributed by atoms with Gasteiger partial charge in [0.25, 0.3) is 5.91 Å². The van der Waals surface area contributed by atoms with E-state index in [0.29, 0.717) is 23.5 Å². The van der Waals surface area contributed by atoms with E-state index in [1.54, 1.807) is 25.3 Å². The predicted molar refractivity (Wildman–Crippen MR) is 79.4 cm³/mol. The average molecular weight is 271 g/mol. The molecule has 20 heavy (non-hydrogen) atoms. The Balaban J connectivity index is 2.04. The van der Waals surface area contributed by atoms with Gasteiger partial charge in [0.05, 0.1) is 7.11 Å². The Morgan fingerprint density at radius 1 is 1.15 bits per heavy atom. The SMILES string of the molecule is COc1cccc(CNC(=O)c2cc(N)cc(N)c2)c1. The van der Waals surface area contributed by atoms with Crippen LogP contribution in [0.3, 0.4) is 0 Å². The van der Waals surface area contributed by atoms with Gasteiger partial charge in [0, 0.05) is 23.5 Å². The smallest absolute Gasteiger partial charge is 0.251 e. The average Bonchev–Trinajstić information content (AvgIpc) is 2.44. The Morgan fingerprint density at radius 2 is 1.85 bits per heavy atom. The highest BCUT2D eigenvalue weighted by Gasteiger charge is 2.07. The number of rotatable bonds is 4. The molecule has 0 aliphatic rings. The number of ether oxygens (including phenoxy) is 1. The lowest BCUT2D eigenvalue weighted by Gasteiger charge is -2.08. The summed E-state index contributed by atoms with van der Waals surface area (Å²) in [5.41, 5.74) is 13.7. The fraction of sp³-hybridized carbons (Fsp3) is 0.133. The minimum absolute atomic E-state index is 0.216. The van der Waals surface area contributed by atoms with Crippen LogP contribution in [-0.4, -0.2) is 13.0 Å². The van der Waals surface area contributed by atoms with E-state index in [2.05, 4.69) is 5.32 Å². The summed E-state index contributed by atoms with van der Waals surface area (Å²) in [4.78, 5) is 12.0. The maximum atomic E-state index is 12.0. The third kappa shape index (κ3) is 3.41. The number of nitrogens with one attached hydrogen (secondary N) is 1. The van der Waals surface area contributed by atoms with Gasteiger partial charge in [-0.15, -0.1) is 0 Å². The minimum atomic E-state index is -0.216. The van der Waals surface area contributed by atoms with E-state index in [9.17, 15) is 4.79 Å². The normalized spacial score (nSPS) is 10.1. The standard InChI is InChI=1S/C15H17N3O2/c1-20-14-4-2-3-10(5-14)9-18-15(19)11-6-12(16)8-13(17)7-11/h2-8H,9,16-17H2,1H3,(H,18,19). The number of nitrogen functional groups attached to an aromatic ring is 2. The Hall–Kier alpha value is -2.69. The molecule has 0 spiro atoms. The molecule has 2 aromatic carbocycles. The summed E-state index contributed by atoms with van der Waals surface area (Å²) in [7, 11) is 1.60. The third-order valence-electron chi connectivity index (χ3n) is 2.83. The first kappa shape index (κ1) is 13.7. The van der Waals surface area contributed by atoms with Crippen LogP contribution in [-0.2, 0) is 6.54 Å². The van der Waals surface area contributed by atoms with E-state index < -0.39 is 0 Å². The lowest BCUT2D eigenvalue weighted by molar-refractivity contribution is 0.0951. The highest BCUT2D eigenvalue weighted by atomic mass is 16.5. The molecule has 0 saturated carbocycles. The second kappa shape index (κ2) is 5.97. The first-order chi connectivity index (χ1) is 9.58. The van der Waals surface area contributed by atoms with Gasteiger partial charge in [0.15, 0.2) is 0 Å². The summed E-state index contributed by atoms with van der Waals surface area (Å²) in [5, 5.41) is 2.82. The van der Waals surface area contributed by atoms with Gasteiger partial charge >= 0.3 is 0 Å². The molecular formula is C15H17N3O2. The van der Waals surface area contributed by atoms with E-state index in [0.717, 1.165) is 11.3 Å². The number of benzene rings is 2. The van der Waals surface area contributed by atoms with Crippen molar-refractivity contribution in [2.45, 2.75) is 6.54 Å². The molecule has 0 aliphatic heterocycles. The Kier molecular flexibility index (Phi) is 4.10. The van der Waals surface area contributed by atoms with Crippen molar-refractivity contribution >= 4 is 17.3 Å². The Labute approximate surface area is 117 Å². The lowest BCUT2D eigenvalue weighted by Crippen LogP contribution is -2.23. The summed E-state index contributed by atoms with van der Waals surface area (Å²) < 4.78 is 5.13. The highest BCUT2D eigenvalue weighted by Crippen LogP contribution is 2.15. The van der Waals surface area contributed by atoms with Gasteiger partial charge in [0.2, 0.25) is 0 Å². The molecule has 5 heteroatoms. The first-order valence-corrected chi connectivity index (χ1v) is 6.15. The molecule has 5 nitrogen and oxygen atoms in total. The topological polar surface area (TPSA) is 90.4 Å². The summed E-state index contributed by atoms with van der Waals surface area (Å²) in [5.74, 6) is 0.539. The number of anilines is 2. The molecule has 0 aliphatic carbocycles. The van der Waals surface area contributed by atoms with E-state index in [4.69, 9.17) is 16.2 Å². The van der Waals surface area contributed by atoms with Gasteiger partial charge in [-0.25, -0.2) is 0 Å². The van der Waals surface area contributed by atoms with E-state index in [1.807, 2.05) is 24.3 Å². The number of carbonyl (C=O) groups is 1. The zero-order chi connectivity index (χ0) is 14.5. The van der Waals surface area contributed by atoms with Crippen LogP contribution in [0.4, 0.5) is 11.4 Å². The lowest BCUT2D eigenvalue weighted by atomic mass is 10.1. The number of nitrogens with two attached hydrogens (primary N) is 2. The number of carbonyl (C=O) groups excluding carboxylic acids is 1. The quantitative estimate of drug-likeness (QED) is 0.739. The van der Waals surface area contributed by atoms with Crippen LogP contribution in [0.1, 0.15) is 15.9 Å². The second-order valence-electron chi connectivity index (χ2n) is 4.42. The summed E-state index contributed by atoms with van der Waals surface area (Å²) in [6.45, 7) is 0.407. The van der Waals surface area contributed by atoms with Crippen LogP contribution in [0.2, 0.25) is 0 Å². The Morgan fingerprint density at radius 3 is 2.50 bits per heavy atom. The van der Waals surface area contributed by atoms with Gasteiger partial charge in [-0.05, 0) is 35.9 Å². The van der Waals surface area contributed by atoms with Crippen molar-refractivity contribution in [2.24, 2.45) is 0 Å². The second-order valence-corrected chi connectivity index (χ2v) is 4.42. The van der Waals surface area contributed by atoms with E-state index in [-0.39, 0.29) is 5.91 Å². The predicted octanol–water partition coefficient (Wildman–Crippen LogP) is 1.79. The highest BCUT2D eigenvalue weighted by molar-refractivity contribution is 5.96. The van der Waals surface area contributed by atoms with Crippen LogP contribution >= 0.6 is 0 Å². The van der Waals surface area contributed by atoms with Gasteiger partial charge in [0.1, 0.15) is 5.75 Å². The third-order valence-corrected chi connectivity index (χ3v) is 2.83. The summed E-state index contributed by atoms with van der Waals surface area (Å²) in [6.07, 6.45) is 0. The number of methoxy groups -OCH3 is 1. The van der Waals surface area contributed by atoms with E-state index in [1.165, 1.54) is 0 Å². The van der Waals surface area contributed by atoms with Gasteiger partial charge < -0.3 is 21.5 Å². The van der Waals surface area contributed by atoms with Gasteiger partial charge in [-0.1, -0.05) is 12.1 Å². The maximum Gasteiger partial charge on any atom is 0.251 e. The van der Waals surface area contributed by atoms with Crippen molar-refractivity contribution in [2.75, 3.05) is 18.6 Å². The van der Waals surface area contributed by atoms with Crippen LogP contribution in [0.25, 0.3) is 0 Å². The van der Waals surface area contributed by atoms with Crippen molar-refractivity contribution in [1.29, 1.82) is 0 Å². The number of hydrogen-bond acceptors (Lipinski definition) is 4. The molecule has 0 unspecified atom stereocenters. The van der Waals surface area contributed by atoms with Crippen molar-refractivity contribution in [3.8, 4) is 5.75 Å². The molecule has 0 heterocycles. The largest absolute Gasteiger partial charge is 0.497 e. The molecule has 0 radical (unpaired) electrons. The van der Waals surface area contributed by atoms with Crippen molar-refractivity contribution in [3.63, 3.8) is 0 Å². The van der Waals surface area contributed by atoms with Crippen LogP contribution in [0, 0.1) is 0 Å². The molecule has 0 fully saturated rings. The van der Waals surface area contributed by atoms with Crippen LogP contribution < -0.4 is 21.5 Å². The van der Waals surface area contributed by atoms with Crippen LogP contribution in [0.15, 0.2) is 42.5 Å². The molecule has 0 aromatic heterocycles. The zero-order valence-electron chi connectivity index (χ0n) is 11.2. The fourth-order valence-electron chi connectivity index (χ4n) is 1.87. The van der Waals surface area contributed by atoms with Crippen molar-refractivity contribution in [3.05, 3.63) is 53.6 Å². The molecule has 5 N–H and O–H groups in total. The molecule has 0 saturated heterocycles. The summed E-state index contributed by atoms with van der Waals surface area (Å²) in [6, 6.07) is 12.3. The number of hydrogen-bond donors (Lipinski definition) is 3. The zero-order valence-corrected chi connectivity index (χ0v) is 11.2. The molecule has 0 atom stereocenters. The maximum absolute atomic E-state index is 12.0. The molecule has 104 valence electrons. The van der Waals surface area contributed by atoms with Gasteiger partial charge in [-0.3, -0.25) is 4.79 Å². The monoisotopic (exact) mass is 271 g/mol. The molecule has 2 rings (SSSR count). The van der Waals surface area contributed by atoms with E-state index >= 15 is 0 Å². The number of amides is 1. The fourth-order valence-corrected chi connectivity index (χ4v) is 1.87. The van der Waals surface area contributed by atoms with Crippen molar-refractivity contribution in [1.82, 2.24) is 5.32 Å².